The van der Waals surface area contributed by atoms with Crippen LogP contribution in [0.4, 0.5) is 5.69 Å². The van der Waals surface area contributed by atoms with Gasteiger partial charge in [-0.25, -0.2) is 0 Å². The topological polar surface area (TPSA) is 95.4 Å². The maximum Gasteiger partial charge on any atom is 0.293 e. The second kappa shape index (κ2) is 5.95. The summed E-state index contributed by atoms with van der Waals surface area (Å²) in [6, 6.07) is 17.7. The van der Waals surface area contributed by atoms with E-state index < -0.39 is 22.9 Å². The Kier molecular flexibility index (Phi) is 3.52. The van der Waals surface area contributed by atoms with Crippen LogP contribution in [0.15, 0.2) is 70.0 Å². The van der Waals surface area contributed by atoms with Crippen LogP contribution in [-0.4, -0.2) is 28.4 Å². The number of aromatic nitrogens is 1. The SMILES string of the molecule is O=C(c1cc(=O)[nH]o1)N1CCC2(C(=O)Nc3ccccc32)C1c1ccccc1. The first-order valence-electron chi connectivity index (χ1n) is 9.06. The minimum absolute atomic E-state index is 0.0605. The van der Waals surface area contributed by atoms with Crippen molar-refractivity contribution >= 4 is 17.5 Å². The number of carbonyl (C=O) groups is 2. The summed E-state index contributed by atoms with van der Waals surface area (Å²) in [6.45, 7) is 0.370. The monoisotopic (exact) mass is 375 g/mol. The van der Waals surface area contributed by atoms with E-state index >= 15 is 0 Å². The Morgan fingerprint density at radius 2 is 1.82 bits per heavy atom. The van der Waals surface area contributed by atoms with Crippen LogP contribution >= 0.6 is 0 Å². The normalized spacial score (nSPS) is 23.1. The van der Waals surface area contributed by atoms with Crippen molar-refractivity contribution in [1.29, 1.82) is 0 Å². The summed E-state index contributed by atoms with van der Waals surface area (Å²) < 4.78 is 5.04. The molecule has 2 N–H and O–H groups in total. The molecule has 1 fully saturated rings. The predicted octanol–water partition coefficient (Wildman–Crippen LogP) is 2.45. The average Bonchev–Trinajstić information content (AvgIpc) is 3.40. The van der Waals surface area contributed by atoms with Crippen molar-refractivity contribution < 1.29 is 14.1 Å². The predicted molar refractivity (Wildman–Crippen MR) is 101 cm³/mol. The molecule has 3 aromatic rings. The Balaban J connectivity index is 1.68. The van der Waals surface area contributed by atoms with E-state index in [0.717, 1.165) is 22.9 Å². The van der Waals surface area contributed by atoms with E-state index in [9.17, 15) is 14.4 Å². The van der Waals surface area contributed by atoms with Crippen LogP contribution in [0, 0.1) is 0 Å². The summed E-state index contributed by atoms with van der Waals surface area (Å²) in [6.07, 6.45) is 0.482. The number of amides is 2. The number of carbonyl (C=O) groups excluding carboxylic acids is 2. The van der Waals surface area contributed by atoms with Crippen LogP contribution in [-0.2, 0) is 10.2 Å². The fourth-order valence-corrected chi connectivity index (χ4v) is 4.53. The fourth-order valence-electron chi connectivity index (χ4n) is 4.53. The Morgan fingerprint density at radius 3 is 2.57 bits per heavy atom. The van der Waals surface area contributed by atoms with Crippen LogP contribution in [0.5, 0.6) is 0 Å². The van der Waals surface area contributed by atoms with Crippen molar-refractivity contribution in [3.8, 4) is 0 Å². The smallest absolute Gasteiger partial charge is 0.293 e. The largest absolute Gasteiger partial charge is 0.373 e. The second-order valence-electron chi connectivity index (χ2n) is 7.11. The Morgan fingerprint density at radius 1 is 1.07 bits per heavy atom. The molecule has 0 saturated carbocycles. The van der Waals surface area contributed by atoms with E-state index in [0.29, 0.717) is 13.0 Å². The summed E-state index contributed by atoms with van der Waals surface area (Å²) in [5, 5.41) is 5.13. The number of aromatic amines is 1. The lowest BCUT2D eigenvalue weighted by Crippen LogP contribution is -2.42. The Hall–Kier alpha value is -3.61. The number of nitrogens with one attached hydrogen (secondary N) is 2. The van der Waals surface area contributed by atoms with Crippen LogP contribution in [0.3, 0.4) is 0 Å². The molecule has 0 aliphatic carbocycles. The number of benzene rings is 2. The molecule has 1 saturated heterocycles. The number of hydrogen-bond donors (Lipinski definition) is 2. The van der Waals surface area contributed by atoms with Crippen LogP contribution < -0.4 is 10.9 Å². The highest BCUT2D eigenvalue weighted by atomic mass is 16.5. The van der Waals surface area contributed by atoms with E-state index in [2.05, 4.69) is 10.5 Å². The minimum atomic E-state index is -0.885. The molecule has 0 bridgehead atoms. The third kappa shape index (κ3) is 2.19. The van der Waals surface area contributed by atoms with Crippen LogP contribution in [0.1, 0.15) is 34.1 Å². The molecule has 140 valence electrons. The molecular formula is C21H17N3O4. The lowest BCUT2D eigenvalue weighted by molar-refractivity contribution is -0.121. The van der Waals surface area contributed by atoms with E-state index in [1.807, 2.05) is 54.6 Å². The van der Waals surface area contributed by atoms with Gasteiger partial charge in [0.05, 0.1) is 12.1 Å². The lowest BCUT2D eigenvalue weighted by Gasteiger charge is -2.34. The van der Waals surface area contributed by atoms with Gasteiger partial charge in [0.25, 0.3) is 11.5 Å². The molecule has 2 unspecified atom stereocenters. The van der Waals surface area contributed by atoms with Gasteiger partial charge in [0, 0.05) is 12.2 Å². The van der Waals surface area contributed by atoms with Gasteiger partial charge in [-0.2, -0.15) is 5.16 Å². The molecule has 2 atom stereocenters. The molecule has 2 aliphatic heterocycles. The molecule has 5 rings (SSSR count). The highest BCUT2D eigenvalue weighted by molar-refractivity contribution is 6.08. The number of anilines is 1. The lowest BCUT2D eigenvalue weighted by atomic mass is 9.72. The van der Waals surface area contributed by atoms with Gasteiger partial charge in [-0.3, -0.25) is 14.4 Å². The number of fused-ring (bicyclic) bond motifs is 2. The molecule has 2 aliphatic rings. The first-order chi connectivity index (χ1) is 13.6. The number of rotatable bonds is 2. The molecule has 1 spiro atoms. The van der Waals surface area contributed by atoms with Gasteiger partial charge in [-0.15, -0.1) is 0 Å². The maximum atomic E-state index is 13.2. The third-order valence-corrected chi connectivity index (χ3v) is 5.70. The van der Waals surface area contributed by atoms with E-state index in [1.54, 1.807) is 4.90 Å². The summed E-state index contributed by atoms with van der Waals surface area (Å²) >= 11 is 0. The number of likely N-dealkylation sites (tertiary alicyclic amines) is 1. The minimum Gasteiger partial charge on any atom is -0.373 e. The molecule has 7 nitrogen and oxygen atoms in total. The number of nitrogens with zero attached hydrogens (tertiary/aromatic N) is 1. The number of hydrogen-bond acceptors (Lipinski definition) is 4. The van der Waals surface area contributed by atoms with Crippen molar-refractivity contribution in [2.24, 2.45) is 0 Å². The van der Waals surface area contributed by atoms with Gasteiger partial charge in [-0.05, 0) is 23.6 Å². The highest BCUT2D eigenvalue weighted by Crippen LogP contribution is 2.54. The molecule has 0 radical (unpaired) electrons. The Labute approximate surface area is 159 Å². The van der Waals surface area contributed by atoms with Gasteiger partial charge in [0.1, 0.15) is 5.41 Å². The van der Waals surface area contributed by atoms with Gasteiger partial charge in [0.15, 0.2) is 0 Å². The van der Waals surface area contributed by atoms with Crippen molar-refractivity contribution in [3.05, 3.63) is 87.9 Å². The number of para-hydroxylation sites is 1. The molecule has 28 heavy (non-hydrogen) atoms. The quantitative estimate of drug-likeness (QED) is 0.719. The molecule has 7 heteroatoms. The number of H-pyrrole nitrogens is 1. The van der Waals surface area contributed by atoms with Crippen LogP contribution in [0.25, 0.3) is 0 Å². The average molecular weight is 375 g/mol. The second-order valence-corrected chi connectivity index (χ2v) is 7.11. The standard InChI is InChI=1S/C21H17N3O4/c25-17-12-16(28-23-17)19(26)24-11-10-21(18(24)13-6-2-1-3-7-13)14-8-4-5-9-15(14)22-20(21)27/h1-9,12,18H,10-11H2,(H,22,27)(H,23,25). The third-order valence-electron chi connectivity index (χ3n) is 5.70. The zero-order chi connectivity index (χ0) is 19.3. The summed E-state index contributed by atoms with van der Waals surface area (Å²) in [5.74, 6) is -0.593. The van der Waals surface area contributed by atoms with Gasteiger partial charge in [-0.1, -0.05) is 48.5 Å². The van der Waals surface area contributed by atoms with Crippen LogP contribution in [0.2, 0.25) is 0 Å². The fraction of sp³-hybridized carbons (Fsp3) is 0.190. The first kappa shape index (κ1) is 16.6. The van der Waals surface area contributed by atoms with Gasteiger partial charge < -0.3 is 14.7 Å². The van der Waals surface area contributed by atoms with E-state index in [4.69, 9.17) is 4.52 Å². The molecule has 3 heterocycles. The zero-order valence-electron chi connectivity index (χ0n) is 14.8. The molecule has 2 amide bonds. The van der Waals surface area contributed by atoms with E-state index in [-0.39, 0.29) is 11.7 Å². The van der Waals surface area contributed by atoms with Crippen molar-refractivity contribution in [3.63, 3.8) is 0 Å². The summed E-state index contributed by atoms with van der Waals surface area (Å²) in [5.41, 5.74) is 1.16. The van der Waals surface area contributed by atoms with Crippen molar-refractivity contribution in [2.45, 2.75) is 17.9 Å². The Bertz CT molecular complexity index is 1130. The van der Waals surface area contributed by atoms with Crippen molar-refractivity contribution in [2.75, 3.05) is 11.9 Å². The summed E-state index contributed by atoms with van der Waals surface area (Å²) in [4.78, 5) is 39.4. The van der Waals surface area contributed by atoms with Gasteiger partial charge in [0.2, 0.25) is 11.7 Å². The molecular weight excluding hydrogens is 358 g/mol. The van der Waals surface area contributed by atoms with E-state index in [1.165, 1.54) is 0 Å². The van der Waals surface area contributed by atoms with Crippen molar-refractivity contribution in [1.82, 2.24) is 10.1 Å². The first-order valence-corrected chi connectivity index (χ1v) is 9.06. The highest BCUT2D eigenvalue weighted by Gasteiger charge is 2.59. The summed E-state index contributed by atoms with van der Waals surface area (Å²) in [7, 11) is 0. The maximum absolute atomic E-state index is 13.2. The molecule has 1 aromatic heterocycles. The van der Waals surface area contributed by atoms with Gasteiger partial charge >= 0.3 is 0 Å². The zero-order valence-corrected chi connectivity index (χ0v) is 14.8. The molecule has 2 aromatic carbocycles.